The number of likely N-dealkylation sites (N-methyl/N-ethyl adjacent to an activating group) is 1. The Morgan fingerprint density at radius 3 is 1.13 bits per heavy atom. The predicted molar refractivity (Wildman–Crippen MR) is 367 cm³/mol. The fourth-order valence-corrected chi connectivity index (χ4v) is 11.3. The van der Waals surface area contributed by atoms with Gasteiger partial charge in [0.15, 0.2) is 0 Å². The van der Waals surface area contributed by atoms with Gasteiger partial charge in [-0.25, -0.2) is 0 Å². The van der Waals surface area contributed by atoms with Crippen molar-refractivity contribution in [3.8, 4) is 0 Å². The third kappa shape index (κ3) is 65.7. The molecular formula is C75H139N2O7P. The van der Waals surface area contributed by atoms with E-state index in [0.717, 1.165) is 103 Å². The second-order valence-electron chi connectivity index (χ2n) is 25.7. The molecule has 0 bridgehead atoms. The third-order valence-electron chi connectivity index (χ3n) is 16.2. The number of rotatable bonds is 66. The maximum absolute atomic E-state index is 13.6. The molecule has 0 heterocycles. The number of amides is 1. The summed E-state index contributed by atoms with van der Waals surface area (Å²) in [6.45, 7) is 6.76. The first-order chi connectivity index (χ1) is 41.4. The van der Waals surface area contributed by atoms with E-state index in [1.165, 1.54) is 205 Å². The molecule has 3 unspecified atom stereocenters. The first kappa shape index (κ1) is 82.5. The summed E-state index contributed by atoms with van der Waals surface area (Å²) in [7, 11) is 1.19. The molecule has 0 saturated carbocycles. The number of hydrogen-bond donors (Lipinski definition) is 1. The van der Waals surface area contributed by atoms with Crippen LogP contribution >= 0.6 is 7.82 Å². The minimum Gasteiger partial charge on any atom is -0.756 e. The Labute approximate surface area is 527 Å². The quantitative estimate of drug-likeness (QED) is 0.0212. The molecule has 0 aliphatic rings. The van der Waals surface area contributed by atoms with Gasteiger partial charge < -0.3 is 28.5 Å². The Bertz CT molecular complexity index is 1680. The molecular weight excluding hydrogens is 1070 g/mol. The van der Waals surface area contributed by atoms with E-state index in [9.17, 15) is 19.0 Å². The summed E-state index contributed by atoms with van der Waals surface area (Å²) in [4.78, 5) is 40.2. The molecule has 0 fully saturated rings. The van der Waals surface area contributed by atoms with E-state index in [2.05, 4.69) is 86.8 Å². The van der Waals surface area contributed by atoms with Gasteiger partial charge in [0.25, 0.3) is 7.82 Å². The number of nitrogens with one attached hydrogen (secondary N) is 1. The number of quaternary nitrogens is 1. The Morgan fingerprint density at radius 1 is 0.424 bits per heavy atom. The standard InChI is InChI=1S/C75H139N2O7P/c1-7-10-13-16-19-22-25-27-29-31-33-35-37-38-40-41-43-45-47-49-52-55-58-61-64-67-74(78)76-72(71-83-85(80,81)82-70-69-77(4,5)6)73(66-63-60-57-54-51-24-21-18-15-12-9-3)84-75(79)68-65-62-59-56-53-50-48-46-44-42-39-36-34-32-30-28-26-23-20-17-14-11-8-2/h10,13,19,22,27,29,33,35,38,40,63,66,72-73H,7-9,11-12,14-18,20-21,23-26,28,30-32,34,36-37,39,41-62,64-65,67-71H2,1-6H3,(H-,76,78,80,81)/b13-10-,22-19-,29-27-,35-33-,40-38-,66-63+. The fraction of sp³-hybridized carbons (Fsp3) is 0.813. The van der Waals surface area contributed by atoms with Gasteiger partial charge in [-0.15, -0.1) is 0 Å². The van der Waals surface area contributed by atoms with Gasteiger partial charge in [-0.2, -0.15) is 0 Å². The van der Waals surface area contributed by atoms with Gasteiger partial charge in [-0.05, 0) is 76.7 Å². The minimum atomic E-state index is -4.71. The third-order valence-corrected chi connectivity index (χ3v) is 17.1. The van der Waals surface area contributed by atoms with E-state index >= 15 is 0 Å². The molecule has 0 aromatic carbocycles. The van der Waals surface area contributed by atoms with Crippen LogP contribution in [0.25, 0.3) is 0 Å². The Hall–Kier alpha value is -2.55. The lowest BCUT2D eigenvalue weighted by Crippen LogP contribution is -2.47. The highest BCUT2D eigenvalue weighted by Gasteiger charge is 2.27. The van der Waals surface area contributed by atoms with E-state index in [1.54, 1.807) is 0 Å². The average molecular weight is 1210 g/mol. The summed E-state index contributed by atoms with van der Waals surface area (Å²) in [6.07, 6.45) is 84.6. The largest absolute Gasteiger partial charge is 0.756 e. The number of ether oxygens (including phenoxy) is 1. The maximum Gasteiger partial charge on any atom is 0.306 e. The number of carbonyl (C=O) groups excluding carboxylic acids is 2. The first-order valence-electron chi connectivity index (χ1n) is 36.2. The predicted octanol–water partition coefficient (Wildman–Crippen LogP) is 22.5. The van der Waals surface area contributed by atoms with Gasteiger partial charge in [-0.1, -0.05) is 325 Å². The molecule has 1 N–H and O–H groups in total. The molecule has 1 amide bonds. The van der Waals surface area contributed by atoms with Crippen molar-refractivity contribution in [3.63, 3.8) is 0 Å². The molecule has 0 saturated heterocycles. The lowest BCUT2D eigenvalue weighted by atomic mass is 10.0. The van der Waals surface area contributed by atoms with Crippen LogP contribution in [0.15, 0.2) is 72.9 Å². The summed E-state index contributed by atoms with van der Waals surface area (Å²) in [5.41, 5.74) is 0. The molecule has 0 spiro atoms. The van der Waals surface area contributed by atoms with Crippen molar-refractivity contribution in [3.05, 3.63) is 72.9 Å². The Balaban J connectivity index is 5.00. The lowest BCUT2D eigenvalue weighted by molar-refractivity contribution is -0.870. The van der Waals surface area contributed by atoms with Gasteiger partial charge >= 0.3 is 5.97 Å². The number of hydrogen-bond acceptors (Lipinski definition) is 7. The van der Waals surface area contributed by atoms with Crippen molar-refractivity contribution in [1.82, 2.24) is 5.32 Å². The van der Waals surface area contributed by atoms with Crippen molar-refractivity contribution in [1.29, 1.82) is 0 Å². The van der Waals surface area contributed by atoms with Crippen LogP contribution < -0.4 is 10.2 Å². The van der Waals surface area contributed by atoms with E-state index in [0.29, 0.717) is 17.4 Å². The monoisotopic (exact) mass is 1210 g/mol. The van der Waals surface area contributed by atoms with Crippen molar-refractivity contribution in [2.45, 2.75) is 354 Å². The molecule has 0 aliphatic carbocycles. The van der Waals surface area contributed by atoms with Crippen LogP contribution in [0.2, 0.25) is 0 Å². The highest BCUT2D eigenvalue weighted by atomic mass is 31.2. The molecule has 0 rings (SSSR count). The van der Waals surface area contributed by atoms with Crippen LogP contribution in [-0.2, 0) is 27.9 Å². The van der Waals surface area contributed by atoms with Crippen molar-refractivity contribution in [2.24, 2.45) is 0 Å². The normalized spacial score (nSPS) is 13.9. The summed E-state index contributed by atoms with van der Waals surface area (Å²) in [5, 5.41) is 3.04. The summed E-state index contributed by atoms with van der Waals surface area (Å²) >= 11 is 0. The van der Waals surface area contributed by atoms with Gasteiger partial charge in [0, 0.05) is 12.8 Å². The topological polar surface area (TPSA) is 114 Å². The number of allylic oxidation sites excluding steroid dienone is 11. The molecule has 0 aromatic heterocycles. The van der Waals surface area contributed by atoms with Crippen LogP contribution in [0.3, 0.4) is 0 Å². The van der Waals surface area contributed by atoms with Crippen LogP contribution in [0.4, 0.5) is 0 Å². The molecule has 0 radical (unpaired) electrons. The van der Waals surface area contributed by atoms with Crippen molar-refractivity contribution in [2.75, 3.05) is 40.9 Å². The van der Waals surface area contributed by atoms with E-state index < -0.39 is 20.0 Å². The Kier molecular flexibility index (Phi) is 62.5. The fourth-order valence-electron chi connectivity index (χ4n) is 10.6. The zero-order chi connectivity index (χ0) is 62.1. The molecule has 10 heteroatoms. The zero-order valence-corrected chi connectivity index (χ0v) is 57.7. The molecule has 496 valence electrons. The van der Waals surface area contributed by atoms with Gasteiger partial charge in [-0.3, -0.25) is 14.2 Å². The second-order valence-corrected chi connectivity index (χ2v) is 27.1. The van der Waals surface area contributed by atoms with E-state index in [4.69, 9.17) is 13.8 Å². The number of unbranched alkanes of at least 4 members (excludes halogenated alkanes) is 40. The summed E-state index contributed by atoms with van der Waals surface area (Å²) in [6, 6.07) is -0.893. The number of phosphoric ester groups is 1. The molecule has 0 aromatic rings. The van der Waals surface area contributed by atoms with Crippen LogP contribution in [0.1, 0.15) is 342 Å². The van der Waals surface area contributed by atoms with Crippen molar-refractivity contribution >= 4 is 19.7 Å². The first-order valence-corrected chi connectivity index (χ1v) is 37.7. The summed E-state index contributed by atoms with van der Waals surface area (Å²) < 4.78 is 30.4. The molecule has 85 heavy (non-hydrogen) atoms. The number of esters is 1. The van der Waals surface area contributed by atoms with Crippen LogP contribution in [0.5, 0.6) is 0 Å². The highest BCUT2D eigenvalue weighted by Crippen LogP contribution is 2.38. The smallest absolute Gasteiger partial charge is 0.306 e. The van der Waals surface area contributed by atoms with Crippen LogP contribution in [-0.4, -0.2) is 69.4 Å². The lowest BCUT2D eigenvalue weighted by Gasteiger charge is -2.30. The number of phosphoric acid groups is 1. The van der Waals surface area contributed by atoms with Gasteiger partial charge in [0.1, 0.15) is 19.3 Å². The second kappa shape index (κ2) is 64.4. The average Bonchev–Trinajstić information content (AvgIpc) is 3.64. The molecule has 3 atom stereocenters. The van der Waals surface area contributed by atoms with Gasteiger partial charge in [0.2, 0.25) is 5.91 Å². The number of carbonyl (C=O) groups is 2. The van der Waals surface area contributed by atoms with Crippen molar-refractivity contribution < 1.29 is 37.3 Å². The Morgan fingerprint density at radius 2 is 0.753 bits per heavy atom. The van der Waals surface area contributed by atoms with Gasteiger partial charge in [0.05, 0.1) is 33.8 Å². The maximum atomic E-state index is 13.6. The zero-order valence-electron chi connectivity index (χ0n) is 56.8. The van der Waals surface area contributed by atoms with E-state index in [1.807, 2.05) is 33.3 Å². The highest BCUT2D eigenvalue weighted by molar-refractivity contribution is 7.45. The van der Waals surface area contributed by atoms with Crippen LogP contribution in [0, 0.1) is 0 Å². The molecule has 0 aliphatic heterocycles. The SMILES string of the molecule is CC/C=C\C/C=C\C/C=C\C/C=C\C/C=C\CCCCCCCCCCCC(=O)NC(COP(=O)([O-])OCC[N+](C)(C)C)C(/C=C/CCCCCCCCCCC)OC(=O)CCCCCCCCCCCCCCCCCCCCCCCCC. The summed E-state index contributed by atoms with van der Waals surface area (Å²) in [5.74, 6) is -0.536. The molecule has 9 nitrogen and oxygen atoms in total. The number of nitrogens with zero attached hydrogens (tertiary/aromatic N) is 1. The minimum absolute atomic E-state index is 0.0241. The van der Waals surface area contributed by atoms with E-state index in [-0.39, 0.29) is 31.5 Å².